The zero-order valence-corrected chi connectivity index (χ0v) is 10.7. The first-order chi connectivity index (χ1) is 8.81. The molecule has 104 valence electrons. The minimum Gasteiger partial charge on any atom is -0.478 e. The van der Waals surface area contributed by atoms with E-state index in [1.165, 1.54) is 12.1 Å². The first kappa shape index (κ1) is 14.9. The zero-order valence-electron chi connectivity index (χ0n) is 10.7. The fourth-order valence-corrected chi connectivity index (χ4v) is 1.78. The Bertz CT molecular complexity index is 487. The van der Waals surface area contributed by atoms with Gasteiger partial charge in [-0.05, 0) is 32.4 Å². The molecular formula is C12H16N2O5. The number of aliphatic hydroxyl groups is 1. The van der Waals surface area contributed by atoms with Crippen LogP contribution in [-0.2, 0) is 0 Å². The summed E-state index contributed by atoms with van der Waals surface area (Å²) in [4.78, 5) is 21.2. The number of nitro groups is 1. The second-order valence-corrected chi connectivity index (χ2v) is 4.42. The number of hydrogen-bond acceptors (Lipinski definition) is 5. The molecule has 2 unspecified atom stereocenters. The van der Waals surface area contributed by atoms with Gasteiger partial charge >= 0.3 is 5.97 Å². The van der Waals surface area contributed by atoms with Crippen LogP contribution >= 0.6 is 0 Å². The van der Waals surface area contributed by atoms with E-state index in [4.69, 9.17) is 5.11 Å². The molecule has 2 atom stereocenters. The van der Waals surface area contributed by atoms with Gasteiger partial charge in [0.2, 0.25) is 0 Å². The molecule has 7 nitrogen and oxygen atoms in total. The highest BCUT2D eigenvalue weighted by Crippen LogP contribution is 2.26. The van der Waals surface area contributed by atoms with E-state index in [0.29, 0.717) is 6.42 Å². The summed E-state index contributed by atoms with van der Waals surface area (Å²) in [5.74, 6) is -1.15. The highest BCUT2D eigenvalue weighted by Gasteiger charge is 2.18. The summed E-state index contributed by atoms with van der Waals surface area (Å²) in [6, 6.07) is 3.34. The van der Waals surface area contributed by atoms with E-state index in [9.17, 15) is 20.0 Å². The van der Waals surface area contributed by atoms with Crippen LogP contribution in [0.15, 0.2) is 18.2 Å². The highest BCUT2D eigenvalue weighted by atomic mass is 16.6. The van der Waals surface area contributed by atoms with E-state index in [-0.39, 0.29) is 23.0 Å². The summed E-state index contributed by atoms with van der Waals surface area (Å²) >= 11 is 0. The van der Waals surface area contributed by atoms with Crippen LogP contribution in [0.25, 0.3) is 0 Å². The smallest absolute Gasteiger partial charge is 0.335 e. The predicted molar refractivity (Wildman–Crippen MR) is 69.4 cm³/mol. The summed E-state index contributed by atoms with van der Waals surface area (Å²) in [5.41, 5.74) is -0.0853. The van der Waals surface area contributed by atoms with Crippen LogP contribution in [0.5, 0.6) is 0 Å². The number of carbonyl (C=O) groups is 1. The van der Waals surface area contributed by atoms with Gasteiger partial charge in [-0.25, -0.2) is 4.79 Å². The summed E-state index contributed by atoms with van der Waals surface area (Å²) in [7, 11) is 0. The maximum absolute atomic E-state index is 10.9. The Labute approximate surface area is 110 Å². The maximum atomic E-state index is 10.9. The number of anilines is 1. The van der Waals surface area contributed by atoms with Crippen molar-refractivity contribution in [2.45, 2.75) is 32.4 Å². The average molecular weight is 268 g/mol. The molecule has 0 aliphatic carbocycles. The molecule has 7 heteroatoms. The summed E-state index contributed by atoms with van der Waals surface area (Å²) < 4.78 is 0. The molecule has 0 spiro atoms. The average Bonchev–Trinajstić information content (AvgIpc) is 2.26. The van der Waals surface area contributed by atoms with E-state index in [0.717, 1.165) is 6.07 Å². The molecule has 0 aliphatic heterocycles. The van der Waals surface area contributed by atoms with Gasteiger partial charge in [0, 0.05) is 12.1 Å². The van der Waals surface area contributed by atoms with Crippen LogP contribution in [0.4, 0.5) is 11.4 Å². The van der Waals surface area contributed by atoms with E-state index >= 15 is 0 Å². The van der Waals surface area contributed by atoms with Gasteiger partial charge < -0.3 is 15.5 Å². The fraction of sp³-hybridized carbons (Fsp3) is 0.417. The molecule has 0 saturated heterocycles. The number of benzene rings is 1. The minimum absolute atomic E-state index is 0.0302. The fourth-order valence-electron chi connectivity index (χ4n) is 1.78. The lowest BCUT2D eigenvalue weighted by Gasteiger charge is -2.17. The Hall–Kier alpha value is -2.15. The van der Waals surface area contributed by atoms with E-state index < -0.39 is 17.0 Å². The molecular weight excluding hydrogens is 252 g/mol. The number of carboxylic acids is 1. The SMILES string of the molecule is CC(O)CC(C)Nc1cc(C(=O)O)ccc1[N+](=O)[O-]. The van der Waals surface area contributed by atoms with E-state index in [1.807, 2.05) is 0 Å². The maximum Gasteiger partial charge on any atom is 0.335 e. The molecule has 0 aliphatic rings. The molecule has 3 N–H and O–H groups in total. The molecule has 0 aromatic heterocycles. The number of aromatic carboxylic acids is 1. The number of hydrogen-bond donors (Lipinski definition) is 3. The summed E-state index contributed by atoms with van der Waals surface area (Å²) in [6.45, 7) is 3.37. The van der Waals surface area contributed by atoms with Crippen molar-refractivity contribution in [3.05, 3.63) is 33.9 Å². The Morgan fingerprint density at radius 3 is 2.58 bits per heavy atom. The molecule has 0 saturated carbocycles. The lowest BCUT2D eigenvalue weighted by atomic mass is 10.1. The van der Waals surface area contributed by atoms with Crippen molar-refractivity contribution in [3.8, 4) is 0 Å². The van der Waals surface area contributed by atoms with Crippen LogP contribution in [0, 0.1) is 10.1 Å². The summed E-state index contributed by atoms with van der Waals surface area (Å²) in [5, 5.41) is 31.9. The second kappa shape index (κ2) is 6.14. The van der Waals surface area contributed by atoms with Gasteiger partial charge in [-0.2, -0.15) is 0 Å². The van der Waals surface area contributed by atoms with Gasteiger partial charge in [-0.15, -0.1) is 0 Å². The molecule has 0 bridgehead atoms. The molecule has 1 aromatic rings. The van der Waals surface area contributed by atoms with Crippen LogP contribution in [0.3, 0.4) is 0 Å². The first-order valence-electron chi connectivity index (χ1n) is 5.77. The topological polar surface area (TPSA) is 113 Å². The Morgan fingerprint density at radius 1 is 1.47 bits per heavy atom. The van der Waals surface area contributed by atoms with Crippen LogP contribution < -0.4 is 5.32 Å². The van der Waals surface area contributed by atoms with E-state index in [1.54, 1.807) is 13.8 Å². The summed E-state index contributed by atoms with van der Waals surface area (Å²) in [6.07, 6.45) is -0.154. The Kier molecular flexibility index (Phi) is 4.82. The van der Waals surface area contributed by atoms with Crippen molar-refractivity contribution in [2.24, 2.45) is 0 Å². The number of nitrogens with one attached hydrogen (secondary N) is 1. The number of nitro benzene ring substituents is 1. The van der Waals surface area contributed by atoms with Gasteiger partial charge in [0.1, 0.15) is 5.69 Å². The van der Waals surface area contributed by atoms with Crippen molar-refractivity contribution in [3.63, 3.8) is 0 Å². The minimum atomic E-state index is -1.15. The zero-order chi connectivity index (χ0) is 14.6. The van der Waals surface area contributed by atoms with E-state index in [2.05, 4.69) is 5.32 Å². The van der Waals surface area contributed by atoms with Crippen LogP contribution in [-0.4, -0.2) is 33.3 Å². The standard InChI is InChI=1S/C12H16N2O5/c1-7(5-8(2)15)13-10-6-9(12(16)17)3-4-11(10)14(18)19/h3-4,6-8,13,15H,5H2,1-2H3,(H,16,17). The third-order valence-electron chi connectivity index (χ3n) is 2.54. The molecule has 0 fully saturated rings. The van der Waals surface area contributed by atoms with Crippen molar-refractivity contribution < 1.29 is 19.9 Å². The largest absolute Gasteiger partial charge is 0.478 e. The quantitative estimate of drug-likeness (QED) is 0.536. The van der Waals surface area contributed by atoms with Crippen molar-refractivity contribution in [2.75, 3.05) is 5.32 Å². The van der Waals surface area contributed by atoms with Crippen molar-refractivity contribution in [1.82, 2.24) is 0 Å². The number of carboxylic acid groups (broad SMARTS) is 1. The molecule has 1 rings (SSSR count). The number of aliphatic hydroxyl groups excluding tert-OH is 1. The third-order valence-corrected chi connectivity index (χ3v) is 2.54. The Morgan fingerprint density at radius 2 is 2.11 bits per heavy atom. The van der Waals surface area contributed by atoms with Crippen molar-refractivity contribution in [1.29, 1.82) is 0 Å². The van der Waals surface area contributed by atoms with Gasteiger partial charge in [0.25, 0.3) is 5.69 Å². The molecule has 0 heterocycles. The second-order valence-electron chi connectivity index (χ2n) is 4.42. The van der Waals surface area contributed by atoms with Crippen LogP contribution in [0.1, 0.15) is 30.6 Å². The predicted octanol–water partition coefficient (Wildman–Crippen LogP) is 1.86. The van der Waals surface area contributed by atoms with Crippen LogP contribution in [0.2, 0.25) is 0 Å². The lowest BCUT2D eigenvalue weighted by molar-refractivity contribution is -0.384. The third kappa shape index (κ3) is 4.22. The van der Waals surface area contributed by atoms with Gasteiger partial charge in [0.15, 0.2) is 0 Å². The number of rotatable bonds is 6. The normalized spacial score (nSPS) is 13.6. The monoisotopic (exact) mass is 268 g/mol. The lowest BCUT2D eigenvalue weighted by Crippen LogP contribution is -2.21. The number of nitrogens with zero attached hydrogens (tertiary/aromatic N) is 1. The van der Waals surface area contributed by atoms with Crippen molar-refractivity contribution >= 4 is 17.3 Å². The first-order valence-corrected chi connectivity index (χ1v) is 5.77. The molecule has 0 radical (unpaired) electrons. The molecule has 19 heavy (non-hydrogen) atoms. The molecule has 0 amide bonds. The van der Waals surface area contributed by atoms with Gasteiger partial charge in [-0.3, -0.25) is 10.1 Å². The molecule has 1 aromatic carbocycles. The Balaban J connectivity index is 3.04. The highest BCUT2D eigenvalue weighted by molar-refractivity contribution is 5.90. The van der Waals surface area contributed by atoms with Gasteiger partial charge in [-0.1, -0.05) is 0 Å². The van der Waals surface area contributed by atoms with Gasteiger partial charge in [0.05, 0.1) is 16.6 Å².